The Hall–Kier alpha value is -3.96. The maximum Gasteiger partial charge on any atom is 0.252 e. The molecule has 3 aromatic carbocycles. The van der Waals surface area contributed by atoms with Crippen LogP contribution < -0.4 is 5.32 Å². The highest BCUT2D eigenvalue weighted by Crippen LogP contribution is 2.35. The summed E-state index contributed by atoms with van der Waals surface area (Å²) in [5, 5.41) is 4.19. The summed E-state index contributed by atoms with van der Waals surface area (Å²) < 4.78 is 0. The number of hydrogen-bond donors (Lipinski definition) is 1. The van der Waals surface area contributed by atoms with Gasteiger partial charge in [0.1, 0.15) is 0 Å². The smallest absolute Gasteiger partial charge is 0.252 e. The number of nitrogens with one attached hydrogen (secondary N) is 1. The van der Waals surface area contributed by atoms with Gasteiger partial charge in [-0.3, -0.25) is 9.78 Å². The van der Waals surface area contributed by atoms with E-state index in [0.717, 1.165) is 44.6 Å². The number of benzene rings is 3. The third-order valence-corrected chi connectivity index (χ3v) is 7.25. The molecule has 5 rings (SSSR count). The summed E-state index contributed by atoms with van der Waals surface area (Å²) in [6.07, 6.45) is 4.38. The van der Waals surface area contributed by atoms with Crippen molar-refractivity contribution < 1.29 is 4.79 Å². The Morgan fingerprint density at radius 2 is 1.53 bits per heavy atom. The third-order valence-electron chi connectivity index (χ3n) is 6.22. The average Bonchev–Trinajstić information content (AvgIpc) is 2.95. The predicted molar refractivity (Wildman–Crippen MR) is 148 cm³/mol. The Bertz CT molecular complexity index is 1460. The first-order chi connectivity index (χ1) is 17.7. The second-order valence-electron chi connectivity index (χ2n) is 8.51. The number of para-hydroxylation sites is 1. The molecule has 0 fully saturated rings. The number of rotatable bonds is 8. The van der Waals surface area contributed by atoms with E-state index in [1.807, 2.05) is 72.8 Å². The minimum Gasteiger partial charge on any atom is -0.345 e. The summed E-state index contributed by atoms with van der Waals surface area (Å²) >= 11 is 1.68. The molecule has 0 spiro atoms. The van der Waals surface area contributed by atoms with Crippen molar-refractivity contribution in [1.82, 2.24) is 15.3 Å². The lowest BCUT2D eigenvalue weighted by atomic mass is 9.96. The van der Waals surface area contributed by atoms with Crippen LogP contribution in [0.4, 0.5) is 0 Å². The molecule has 1 atom stereocenters. The number of thioether (sulfide) groups is 1. The van der Waals surface area contributed by atoms with Crippen LogP contribution in [0.3, 0.4) is 0 Å². The molecular weight excluding hydrogens is 462 g/mol. The SMILES string of the molecule is CC[C@H](NC(=O)c1c(CSc2ccncc2)c(-c2ccccc2)nc2ccccc12)c1ccccc1. The first kappa shape index (κ1) is 23.8. The Labute approximate surface area is 215 Å². The van der Waals surface area contributed by atoms with Crippen LogP contribution in [0.2, 0.25) is 0 Å². The van der Waals surface area contributed by atoms with Crippen molar-refractivity contribution in [2.75, 3.05) is 0 Å². The van der Waals surface area contributed by atoms with E-state index in [1.165, 1.54) is 0 Å². The molecule has 0 aliphatic carbocycles. The van der Waals surface area contributed by atoms with E-state index in [-0.39, 0.29) is 11.9 Å². The van der Waals surface area contributed by atoms with Crippen LogP contribution in [-0.4, -0.2) is 15.9 Å². The monoisotopic (exact) mass is 489 g/mol. The fraction of sp³-hybridized carbons (Fsp3) is 0.129. The standard InChI is InChI=1S/C31H27N3OS/c1-2-27(22-11-5-3-6-12-22)34-31(35)29-25-15-9-10-16-28(25)33-30(23-13-7-4-8-14-23)26(29)21-36-24-17-19-32-20-18-24/h3-20,27H,2,21H2,1H3,(H,34,35)/t27-/m0/s1. The van der Waals surface area contributed by atoms with Gasteiger partial charge in [0.05, 0.1) is 22.8 Å². The van der Waals surface area contributed by atoms with Gasteiger partial charge >= 0.3 is 0 Å². The van der Waals surface area contributed by atoms with Gasteiger partial charge in [-0.1, -0.05) is 85.8 Å². The van der Waals surface area contributed by atoms with Crippen molar-refractivity contribution in [3.63, 3.8) is 0 Å². The zero-order valence-corrected chi connectivity index (χ0v) is 20.9. The second kappa shape index (κ2) is 11.2. The van der Waals surface area contributed by atoms with E-state index in [0.29, 0.717) is 11.3 Å². The Balaban J connectivity index is 1.64. The first-order valence-corrected chi connectivity index (χ1v) is 13.1. The minimum atomic E-state index is -0.0773. The fourth-order valence-electron chi connectivity index (χ4n) is 4.41. The van der Waals surface area contributed by atoms with E-state index in [1.54, 1.807) is 24.2 Å². The topological polar surface area (TPSA) is 54.9 Å². The summed E-state index contributed by atoms with van der Waals surface area (Å²) in [6.45, 7) is 2.10. The first-order valence-electron chi connectivity index (χ1n) is 12.1. The molecular formula is C31H27N3OS. The number of hydrogen-bond acceptors (Lipinski definition) is 4. The van der Waals surface area contributed by atoms with Gasteiger partial charge in [0.15, 0.2) is 0 Å². The molecule has 0 bridgehead atoms. The molecule has 0 aliphatic heterocycles. The highest BCUT2D eigenvalue weighted by Gasteiger charge is 2.23. The molecule has 2 aromatic heterocycles. The van der Waals surface area contributed by atoms with Crippen molar-refractivity contribution in [3.05, 3.63) is 126 Å². The van der Waals surface area contributed by atoms with Gasteiger partial charge in [-0.05, 0) is 30.2 Å². The molecule has 0 aliphatic rings. The van der Waals surface area contributed by atoms with Gasteiger partial charge < -0.3 is 5.32 Å². The number of pyridine rings is 2. The van der Waals surface area contributed by atoms with Crippen LogP contribution in [0.5, 0.6) is 0 Å². The molecule has 4 nitrogen and oxygen atoms in total. The summed E-state index contributed by atoms with van der Waals surface area (Å²) in [5.41, 5.74) is 5.37. The molecule has 0 saturated carbocycles. The minimum absolute atomic E-state index is 0.0770. The molecule has 5 aromatic rings. The van der Waals surface area contributed by atoms with Crippen LogP contribution in [0.15, 0.2) is 114 Å². The molecule has 0 saturated heterocycles. The Morgan fingerprint density at radius 3 is 2.25 bits per heavy atom. The number of aromatic nitrogens is 2. The summed E-state index contributed by atoms with van der Waals surface area (Å²) in [6, 6.07) is 32.1. The fourth-order valence-corrected chi connectivity index (χ4v) is 5.32. The van der Waals surface area contributed by atoms with Gasteiger partial charge in [0, 0.05) is 39.6 Å². The maximum absolute atomic E-state index is 14.1. The highest BCUT2D eigenvalue weighted by atomic mass is 32.2. The van der Waals surface area contributed by atoms with E-state index < -0.39 is 0 Å². The lowest BCUT2D eigenvalue weighted by molar-refractivity contribution is 0.0936. The number of carbonyl (C=O) groups is 1. The summed E-state index contributed by atoms with van der Waals surface area (Å²) in [5.74, 6) is 0.531. The predicted octanol–water partition coefficient (Wildman–Crippen LogP) is 7.47. The lowest BCUT2D eigenvalue weighted by Crippen LogP contribution is -2.29. The number of fused-ring (bicyclic) bond motifs is 1. The van der Waals surface area contributed by atoms with Crippen LogP contribution in [-0.2, 0) is 5.75 Å². The van der Waals surface area contributed by atoms with Crippen LogP contribution in [0.25, 0.3) is 22.2 Å². The Kier molecular flexibility index (Phi) is 7.39. The van der Waals surface area contributed by atoms with Crippen LogP contribution in [0.1, 0.15) is 40.9 Å². The maximum atomic E-state index is 14.1. The number of amides is 1. The van der Waals surface area contributed by atoms with Crippen molar-refractivity contribution in [2.45, 2.75) is 30.0 Å². The van der Waals surface area contributed by atoms with E-state index >= 15 is 0 Å². The number of carbonyl (C=O) groups excluding carboxylic acids is 1. The van der Waals surface area contributed by atoms with Gasteiger partial charge in [0.2, 0.25) is 0 Å². The van der Waals surface area contributed by atoms with Crippen molar-refractivity contribution in [3.8, 4) is 11.3 Å². The summed E-state index contributed by atoms with van der Waals surface area (Å²) in [7, 11) is 0. The zero-order valence-electron chi connectivity index (χ0n) is 20.1. The number of nitrogens with zero attached hydrogens (tertiary/aromatic N) is 2. The summed E-state index contributed by atoms with van der Waals surface area (Å²) in [4.78, 5) is 24.3. The second-order valence-corrected chi connectivity index (χ2v) is 9.56. The molecule has 5 heteroatoms. The van der Waals surface area contributed by atoms with Crippen molar-refractivity contribution >= 4 is 28.6 Å². The van der Waals surface area contributed by atoms with Crippen LogP contribution >= 0.6 is 11.8 Å². The van der Waals surface area contributed by atoms with E-state index in [9.17, 15) is 4.79 Å². The van der Waals surface area contributed by atoms with Crippen molar-refractivity contribution in [2.24, 2.45) is 0 Å². The molecule has 0 unspecified atom stereocenters. The van der Waals surface area contributed by atoms with Gasteiger partial charge in [-0.25, -0.2) is 4.98 Å². The lowest BCUT2D eigenvalue weighted by Gasteiger charge is -2.21. The van der Waals surface area contributed by atoms with E-state index in [4.69, 9.17) is 4.98 Å². The van der Waals surface area contributed by atoms with Crippen LogP contribution in [0, 0.1) is 0 Å². The van der Waals surface area contributed by atoms with Gasteiger partial charge in [-0.15, -0.1) is 11.8 Å². The molecule has 2 heterocycles. The molecule has 1 N–H and O–H groups in total. The average molecular weight is 490 g/mol. The van der Waals surface area contributed by atoms with Gasteiger partial charge in [-0.2, -0.15) is 0 Å². The Morgan fingerprint density at radius 1 is 0.861 bits per heavy atom. The molecule has 1 amide bonds. The molecule has 178 valence electrons. The highest BCUT2D eigenvalue weighted by molar-refractivity contribution is 7.98. The zero-order chi connectivity index (χ0) is 24.7. The van der Waals surface area contributed by atoms with Crippen molar-refractivity contribution in [1.29, 1.82) is 0 Å². The molecule has 0 radical (unpaired) electrons. The largest absolute Gasteiger partial charge is 0.345 e. The normalized spacial score (nSPS) is 11.8. The third kappa shape index (κ3) is 5.16. The molecule has 36 heavy (non-hydrogen) atoms. The van der Waals surface area contributed by atoms with E-state index in [2.05, 4.69) is 41.5 Å². The van der Waals surface area contributed by atoms with Gasteiger partial charge in [0.25, 0.3) is 5.91 Å². The quantitative estimate of drug-likeness (QED) is 0.230.